The standard InChI is InChI=1S/C26H32F2N4O4/c1-15(2)19-7-5-6-8-21(19)32(23-17-9-10-18(23)14-31(13-17)16(3)33)26(34)29-20-11-12-22(35-4)30-24(20)36-25(27)28/h5-8,11-12,15,17-18,23,25H,9-10,13-14H2,1-4H3,(H,29,34). The van der Waals surface area contributed by atoms with E-state index in [2.05, 4.69) is 28.9 Å². The van der Waals surface area contributed by atoms with Crippen LogP contribution in [0.15, 0.2) is 36.4 Å². The summed E-state index contributed by atoms with van der Waals surface area (Å²) in [5.41, 5.74) is 1.78. The molecule has 194 valence electrons. The second-order valence-corrected chi connectivity index (χ2v) is 9.61. The Morgan fingerprint density at radius 1 is 1.11 bits per heavy atom. The predicted molar refractivity (Wildman–Crippen MR) is 132 cm³/mol. The maximum Gasteiger partial charge on any atom is 0.388 e. The molecule has 2 bridgehead atoms. The van der Waals surface area contributed by atoms with Crippen LogP contribution in [0.5, 0.6) is 11.8 Å². The van der Waals surface area contributed by atoms with E-state index in [0.717, 1.165) is 24.1 Å². The van der Waals surface area contributed by atoms with Gasteiger partial charge in [-0.2, -0.15) is 13.8 Å². The number of hydrogen-bond acceptors (Lipinski definition) is 5. The van der Waals surface area contributed by atoms with Crippen LogP contribution in [-0.2, 0) is 4.79 Å². The minimum atomic E-state index is -3.12. The van der Waals surface area contributed by atoms with Gasteiger partial charge in [-0.3, -0.25) is 9.69 Å². The number of fused-ring (bicyclic) bond motifs is 2. The zero-order valence-corrected chi connectivity index (χ0v) is 20.9. The summed E-state index contributed by atoms with van der Waals surface area (Å²) in [6.07, 6.45) is 1.80. The minimum absolute atomic E-state index is 0.0154. The van der Waals surface area contributed by atoms with Crippen molar-refractivity contribution in [2.45, 2.75) is 52.2 Å². The lowest BCUT2D eigenvalue weighted by Gasteiger charge is -2.44. The van der Waals surface area contributed by atoms with Gasteiger partial charge in [-0.15, -0.1) is 0 Å². The van der Waals surface area contributed by atoms with Gasteiger partial charge in [-0.05, 0) is 48.3 Å². The molecule has 2 unspecified atom stereocenters. The molecule has 2 atom stereocenters. The van der Waals surface area contributed by atoms with Crippen LogP contribution in [0.3, 0.4) is 0 Å². The zero-order valence-electron chi connectivity index (χ0n) is 20.9. The molecular formula is C26H32F2N4O4. The molecule has 2 aliphatic rings. The molecule has 1 aromatic carbocycles. The minimum Gasteiger partial charge on any atom is -0.481 e. The number of aromatic nitrogens is 1. The van der Waals surface area contributed by atoms with Crippen LogP contribution >= 0.6 is 0 Å². The lowest BCUT2D eigenvalue weighted by atomic mass is 9.89. The van der Waals surface area contributed by atoms with Crippen LogP contribution in [0.25, 0.3) is 0 Å². The first-order valence-corrected chi connectivity index (χ1v) is 12.1. The number of alkyl halides is 2. The molecule has 10 heteroatoms. The molecule has 2 fully saturated rings. The first-order valence-electron chi connectivity index (χ1n) is 12.1. The zero-order chi connectivity index (χ0) is 26.0. The fraction of sp³-hybridized carbons (Fsp3) is 0.500. The number of benzene rings is 1. The summed E-state index contributed by atoms with van der Waals surface area (Å²) in [6, 6.07) is 10.0. The number of likely N-dealkylation sites (tertiary alicyclic amines) is 1. The third-order valence-corrected chi connectivity index (χ3v) is 7.05. The monoisotopic (exact) mass is 502 g/mol. The first kappa shape index (κ1) is 25.7. The molecule has 1 aliphatic heterocycles. The Bertz CT molecular complexity index is 1100. The summed E-state index contributed by atoms with van der Waals surface area (Å²) < 4.78 is 35.8. The summed E-state index contributed by atoms with van der Waals surface area (Å²) in [5.74, 6) is 0.0344. The molecule has 1 saturated carbocycles. The summed E-state index contributed by atoms with van der Waals surface area (Å²) in [7, 11) is 1.36. The van der Waals surface area contributed by atoms with Crippen LogP contribution in [0, 0.1) is 11.8 Å². The highest BCUT2D eigenvalue weighted by Gasteiger charge is 2.48. The maximum absolute atomic E-state index is 13.9. The summed E-state index contributed by atoms with van der Waals surface area (Å²) in [4.78, 5) is 33.6. The molecule has 3 amide bonds. The van der Waals surface area contributed by atoms with E-state index in [-0.39, 0.29) is 41.3 Å². The molecule has 1 aromatic heterocycles. The van der Waals surface area contributed by atoms with Crippen LogP contribution in [0.4, 0.5) is 25.0 Å². The van der Waals surface area contributed by atoms with Crippen molar-refractivity contribution < 1.29 is 27.8 Å². The van der Waals surface area contributed by atoms with Gasteiger partial charge in [0, 0.05) is 37.8 Å². The van der Waals surface area contributed by atoms with Crippen molar-refractivity contribution in [1.82, 2.24) is 9.88 Å². The molecule has 2 heterocycles. The lowest BCUT2D eigenvalue weighted by molar-refractivity contribution is -0.131. The van der Waals surface area contributed by atoms with Crippen molar-refractivity contribution >= 4 is 23.3 Å². The smallest absolute Gasteiger partial charge is 0.388 e. The number of urea groups is 1. The summed E-state index contributed by atoms with van der Waals surface area (Å²) in [5, 5.41) is 2.76. The number of rotatable bonds is 7. The lowest BCUT2D eigenvalue weighted by Crippen LogP contribution is -2.56. The summed E-state index contributed by atoms with van der Waals surface area (Å²) >= 11 is 0. The second-order valence-electron chi connectivity index (χ2n) is 9.61. The molecular weight excluding hydrogens is 470 g/mol. The van der Waals surface area contributed by atoms with Gasteiger partial charge < -0.3 is 19.7 Å². The Kier molecular flexibility index (Phi) is 7.61. The molecule has 1 N–H and O–H groups in total. The van der Waals surface area contributed by atoms with Crippen LogP contribution < -0.4 is 19.7 Å². The molecule has 0 spiro atoms. The number of carbonyl (C=O) groups is 2. The predicted octanol–water partition coefficient (Wildman–Crippen LogP) is 5.11. The van der Waals surface area contributed by atoms with Gasteiger partial charge in [0.25, 0.3) is 0 Å². The Balaban J connectivity index is 1.73. The van der Waals surface area contributed by atoms with E-state index in [0.29, 0.717) is 13.1 Å². The number of para-hydroxylation sites is 1. The van der Waals surface area contributed by atoms with Crippen molar-refractivity contribution in [1.29, 1.82) is 0 Å². The molecule has 1 saturated heterocycles. The topological polar surface area (TPSA) is 84.0 Å². The van der Waals surface area contributed by atoms with Gasteiger partial charge in [-0.1, -0.05) is 32.0 Å². The van der Waals surface area contributed by atoms with Gasteiger partial charge in [0.1, 0.15) is 5.69 Å². The van der Waals surface area contributed by atoms with Crippen molar-refractivity contribution in [2.75, 3.05) is 30.4 Å². The molecule has 4 rings (SSSR count). The Morgan fingerprint density at radius 2 is 1.78 bits per heavy atom. The first-order chi connectivity index (χ1) is 17.2. The van der Waals surface area contributed by atoms with Crippen LogP contribution in [-0.4, -0.2) is 54.7 Å². The highest BCUT2D eigenvalue weighted by atomic mass is 19.3. The van der Waals surface area contributed by atoms with Crippen LogP contribution in [0.2, 0.25) is 0 Å². The molecule has 8 nitrogen and oxygen atoms in total. The van der Waals surface area contributed by atoms with E-state index < -0.39 is 18.5 Å². The van der Waals surface area contributed by atoms with E-state index in [1.165, 1.54) is 19.2 Å². The highest BCUT2D eigenvalue weighted by molar-refractivity contribution is 6.03. The number of pyridine rings is 1. The average Bonchev–Trinajstić information content (AvgIpc) is 3.07. The molecule has 0 radical (unpaired) electrons. The van der Waals surface area contributed by atoms with Crippen molar-refractivity contribution in [3.8, 4) is 11.8 Å². The maximum atomic E-state index is 13.9. The third-order valence-electron chi connectivity index (χ3n) is 7.05. The van der Waals surface area contributed by atoms with E-state index in [1.54, 1.807) is 11.8 Å². The fourth-order valence-electron chi connectivity index (χ4n) is 5.46. The van der Waals surface area contributed by atoms with E-state index in [4.69, 9.17) is 4.74 Å². The van der Waals surface area contributed by atoms with Crippen molar-refractivity contribution in [3.05, 3.63) is 42.0 Å². The molecule has 1 aliphatic carbocycles. The number of carbonyl (C=O) groups excluding carboxylic acids is 2. The second kappa shape index (κ2) is 10.7. The number of methoxy groups -OCH3 is 1. The average molecular weight is 503 g/mol. The summed E-state index contributed by atoms with van der Waals surface area (Å²) in [6.45, 7) is 3.72. The van der Waals surface area contributed by atoms with E-state index in [9.17, 15) is 18.4 Å². The number of anilines is 2. The van der Waals surface area contributed by atoms with E-state index in [1.807, 2.05) is 29.2 Å². The molecule has 36 heavy (non-hydrogen) atoms. The number of amides is 3. The largest absolute Gasteiger partial charge is 0.481 e. The normalized spacial score (nSPS) is 21.0. The fourth-order valence-corrected chi connectivity index (χ4v) is 5.46. The number of nitrogens with zero attached hydrogens (tertiary/aromatic N) is 3. The van der Waals surface area contributed by atoms with Crippen LogP contribution in [0.1, 0.15) is 45.1 Å². The van der Waals surface area contributed by atoms with Gasteiger partial charge >= 0.3 is 12.6 Å². The van der Waals surface area contributed by atoms with E-state index >= 15 is 0 Å². The highest BCUT2D eigenvalue weighted by Crippen LogP contribution is 2.43. The quantitative estimate of drug-likeness (QED) is 0.569. The van der Waals surface area contributed by atoms with Gasteiger partial charge in [0.05, 0.1) is 7.11 Å². The SMILES string of the molecule is COc1ccc(NC(=O)N(c2ccccc2C(C)C)C2C3CCC2CN(C(C)=O)C3)c(OC(F)F)n1. The number of ether oxygens (including phenoxy) is 2. The Morgan fingerprint density at radius 3 is 2.36 bits per heavy atom. The number of halogens is 2. The van der Waals surface area contributed by atoms with Gasteiger partial charge in [-0.25, -0.2) is 4.79 Å². The number of nitrogens with one attached hydrogen (secondary N) is 1. The van der Waals surface area contributed by atoms with Crippen molar-refractivity contribution in [2.24, 2.45) is 11.8 Å². The Hall–Kier alpha value is -3.43. The van der Waals surface area contributed by atoms with Gasteiger partial charge in [0.15, 0.2) is 0 Å². The molecule has 2 aromatic rings. The third kappa shape index (κ3) is 5.22. The van der Waals surface area contributed by atoms with Crippen molar-refractivity contribution in [3.63, 3.8) is 0 Å². The van der Waals surface area contributed by atoms with Gasteiger partial charge in [0.2, 0.25) is 17.7 Å². The number of hydrogen-bond donors (Lipinski definition) is 1. The Labute approximate surface area is 209 Å². The number of piperidine rings is 1.